The van der Waals surface area contributed by atoms with E-state index in [0.29, 0.717) is 21.9 Å². The number of hydrogen-bond acceptors (Lipinski definition) is 7. The van der Waals surface area contributed by atoms with Gasteiger partial charge in [-0.05, 0) is 65.9 Å². The first-order valence-electron chi connectivity index (χ1n) is 11.3. The minimum Gasteiger partial charge on any atom is -0.496 e. The second kappa shape index (κ2) is 11.1. The van der Waals surface area contributed by atoms with Gasteiger partial charge in [-0.15, -0.1) is 11.3 Å². The highest BCUT2D eigenvalue weighted by Crippen LogP contribution is 2.29. The second-order valence-electron chi connectivity index (χ2n) is 8.29. The summed E-state index contributed by atoms with van der Waals surface area (Å²) in [6.45, 7) is 1.39. The van der Waals surface area contributed by atoms with Crippen LogP contribution in [-0.2, 0) is 26.1 Å². The zero-order valence-corrected chi connectivity index (χ0v) is 22.2. The molecule has 1 aromatic heterocycles. The summed E-state index contributed by atoms with van der Waals surface area (Å²) in [5.74, 6) is -0.347. The second-order valence-corrected chi connectivity index (χ2v) is 11.3. The van der Waals surface area contributed by atoms with E-state index in [1.807, 2.05) is 30.3 Å². The van der Waals surface area contributed by atoms with Crippen molar-refractivity contribution in [3.63, 3.8) is 0 Å². The van der Waals surface area contributed by atoms with Crippen molar-refractivity contribution in [1.29, 1.82) is 0 Å². The number of amides is 1. The predicted molar refractivity (Wildman–Crippen MR) is 144 cm³/mol. The van der Waals surface area contributed by atoms with Gasteiger partial charge < -0.3 is 14.8 Å². The molecule has 0 spiro atoms. The van der Waals surface area contributed by atoms with Crippen molar-refractivity contribution in [3.05, 3.63) is 88.8 Å². The summed E-state index contributed by atoms with van der Waals surface area (Å²) in [6, 6.07) is 20.6. The van der Waals surface area contributed by atoms with Gasteiger partial charge in [0.2, 0.25) is 15.9 Å². The van der Waals surface area contributed by atoms with Crippen molar-refractivity contribution in [2.45, 2.75) is 18.4 Å². The van der Waals surface area contributed by atoms with E-state index in [9.17, 15) is 18.0 Å². The lowest BCUT2D eigenvalue weighted by Crippen LogP contribution is -2.37. The Labute approximate surface area is 219 Å². The minimum absolute atomic E-state index is 0.0216. The first-order valence-corrected chi connectivity index (χ1v) is 13.6. The van der Waals surface area contributed by atoms with Gasteiger partial charge in [0, 0.05) is 16.9 Å². The number of carbonyl (C=O) groups excluding carboxylic acids is 2. The summed E-state index contributed by atoms with van der Waals surface area (Å²) >= 11 is 1.29. The molecule has 4 aromatic rings. The van der Waals surface area contributed by atoms with Gasteiger partial charge in [0.15, 0.2) is 0 Å². The third kappa shape index (κ3) is 5.99. The van der Waals surface area contributed by atoms with Crippen molar-refractivity contribution in [2.24, 2.45) is 0 Å². The Balaban J connectivity index is 1.59. The molecule has 0 unspecified atom stereocenters. The van der Waals surface area contributed by atoms with E-state index >= 15 is 0 Å². The number of hydrogen-bond donors (Lipinski definition) is 1. The Morgan fingerprint density at radius 3 is 2.41 bits per heavy atom. The van der Waals surface area contributed by atoms with E-state index in [0.717, 1.165) is 20.0 Å². The van der Waals surface area contributed by atoms with Gasteiger partial charge >= 0.3 is 5.97 Å². The molecule has 0 saturated heterocycles. The number of rotatable bonds is 9. The normalized spacial score (nSPS) is 11.5. The number of fused-ring (bicyclic) bond motifs is 1. The van der Waals surface area contributed by atoms with Crippen molar-refractivity contribution >= 4 is 49.0 Å². The molecule has 0 aliphatic rings. The largest absolute Gasteiger partial charge is 0.496 e. The molecule has 1 heterocycles. The van der Waals surface area contributed by atoms with E-state index in [1.54, 1.807) is 37.3 Å². The fourth-order valence-electron chi connectivity index (χ4n) is 3.86. The maximum atomic E-state index is 13.6. The zero-order chi connectivity index (χ0) is 26.6. The lowest BCUT2D eigenvalue weighted by atomic mass is 10.2. The first kappa shape index (κ1) is 26.3. The summed E-state index contributed by atoms with van der Waals surface area (Å²) in [5, 5.41) is 3.55. The van der Waals surface area contributed by atoms with Crippen LogP contribution in [0.1, 0.15) is 20.8 Å². The summed E-state index contributed by atoms with van der Waals surface area (Å²) in [6.07, 6.45) is 0. The lowest BCUT2D eigenvalue weighted by Gasteiger charge is -2.22. The number of benzene rings is 3. The highest BCUT2D eigenvalue weighted by Gasteiger charge is 2.27. The standard InChI is InChI=1S/C27H26N2O6S2/c1-18-13-22(10-11-23(18)34-2)37(32,33)29(16-19-7-5-4-6-8-19)17-26(30)28-21-9-12-24-20(14-21)15-25(36-24)27(31)35-3/h4-15H,16-17H2,1-3H3,(H,28,30). The Kier molecular flexibility index (Phi) is 7.91. The number of sulfonamides is 1. The molecule has 3 aromatic carbocycles. The van der Waals surface area contributed by atoms with E-state index < -0.39 is 28.4 Å². The van der Waals surface area contributed by atoms with Crippen molar-refractivity contribution < 1.29 is 27.5 Å². The zero-order valence-electron chi connectivity index (χ0n) is 20.6. The minimum atomic E-state index is -4.01. The number of methoxy groups -OCH3 is 2. The van der Waals surface area contributed by atoms with Crippen molar-refractivity contribution in [2.75, 3.05) is 26.1 Å². The molecular weight excluding hydrogens is 512 g/mol. The highest BCUT2D eigenvalue weighted by atomic mass is 32.2. The number of anilines is 1. The summed E-state index contributed by atoms with van der Waals surface area (Å²) in [4.78, 5) is 25.4. The molecule has 4 rings (SSSR count). The highest BCUT2D eigenvalue weighted by molar-refractivity contribution is 7.89. The Morgan fingerprint density at radius 1 is 0.973 bits per heavy atom. The molecule has 1 N–H and O–H groups in total. The third-order valence-electron chi connectivity index (χ3n) is 5.71. The van der Waals surface area contributed by atoms with E-state index in [4.69, 9.17) is 9.47 Å². The molecule has 1 amide bonds. The maximum absolute atomic E-state index is 13.6. The smallest absolute Gasteiger partial charge is 0.348 e. The van der Waals surface area contributed by atoms with Crippen LogP contribution < -0.4 is 10.1 Å². The Bertz CT molecular complexity index is 1550. The molecule has 0 bridgehead atoms. The number of aryl methyl sites for hydroxylation is 1. The average Bonchev–Trinajstić information content (AvgIpc) is 3.32. The van der Waals surface area contributed by atoms with Crippen LogP contribution in [0, 0.1) is 6.92 Å². The molecule has 192 valence electrons. The van der Waals surface area contributed by atoms with Crippen LogP contribution in [0.2, 0.25) is 0 Å². The van der Waals surface area contributed by atoms with Crippen LogP contribution in [0.5, 0.6) is 5.75 Å². The molecule has 0 aliphatic carbocycles. The molecule has 10 heteroatoms. The predicted octanol–water partition coefficient (Wildman–Crippen LogP) is 4.83. The molecule has 8 nitrogen and oxygen atoms in total. The van der Waals surface area contributed by atoms with E-state index in [2.05, 4.69) is 5.32 Å². The van der Waals surface area contributed by atoms with Gasteiger partial charge in [-0.1, -0.05) is 30.3 Å². The molecule has 0 atom stereocenters. The van der Waals surface area contributed by atoms with Gasteiger partial charge in [-0.25, -0.2) is 13.2 Å². The van der Waals surface area contributed by atoms with Gasteiger partial charge in [0.1, 0.15) is 10.6 Å². The average molecular weight is 539 g/mol. The maximum Gasteiger partial charge on any atom is 0.348 e. The molecule has 0 aliphatic heterocycles. The van der Waals surface area contributed by atoms with Crippen LogP contribution in [0.25, 0.3) is 10.1 Å². The van der Waals surface area contributed by atoms with Crippen LogP contribution in [0.4, 0.5) is 5.69 Å². The van der Waals surface area contributed by atoms with Crippen molar-refractivity contribution in [3.8, 4) is 5.75 Å². The van der Waals surface area contributed by atoms with Crippen molar-refractivity contribution in [1.82, 2.24) is 4.31 Å². The van der Waals surface area contributed by atoms with E-state index in [1.165, 1.54) is 37.7 Å². The van der Waals surface area contributed by atoms with Crippen LogP contribution in [-0.4, -0.2) is 45.4 Å². The summed E-state index contributed by atoms with van der Waals surface area (Å²) in [7, 11) is -1.17. The molecule has 37 heavy (non-hydrogen) atoms. The summed E-state index contributed by atoms with van der Waals surface area (Å²) < 4.78 is 39.3. The number of nitrogens with one attached hydrogen (secondary N) is 1. The van der Waals surface area contributed by atoms with Gasteiger partial charge in [-0.2, -0.15) is 4.31 Å². The SMILES string of the molecule is COC(=O)c1cc2cc(NC(=O)CN(Cc3ccccc3)S(=O)(=O)c3ccc(OC)c(C)c3)ccc2s1. The molecular formula is C27H26N2O6S2. The van der Waals surface area contributed by atoms with Crippen LogP contribution >= 0.6 is 11.3 Å². The Morgan fingerprint density at radius 2 is 1.73 bits per heavy atom. The van der Waals surface area contributed by atoms with E-state index in [-0.39, 0.29) is 11.4 Å². The lowest BCUT2D eigenvalue weighted by molar-refractivity contribution is -0.116. The molecule has 0 fully saturated rings. The number of thiophene rings is 1. The fourth-order valence-corrected chi connectivity index (χ4v) is 6.29. The Hall–Kier alpha value is -3.73. The van der Waals surface area contributed by atoms with Gasteiger partial charge in [0.25, 0.3) is 0 Å². The van der Waals surface area contributed by atoms with Crippen LogP contribution in [0.3, 0.4) is 0 Å². The third-order valence-corrected chi connectivity index (χ3v) is 8.60. The molecule has 0 saturated carbocycles. The summed E-state index contributed by atoms with van der Waals surface area (Å²) in [5.41, 5.74) is 1.91. The quantitative estimate of drug-likeness (QED) is 0.306. The number of nitrogens with zero attached hydrogens (tertiary/aromatic N) is 1. The number of ether oxygens (including phenoxy) is 2. The number of carbonyl (C=O) groups is 2. The number of esters is 1. The molecule has 0 radical (unpaired) electrons. The topological polar surface area (TPSA) is 102 Å². The fraction of sp³-hybridized carbons (Fsp3) is 0.185. The monoisotopic (exact) mass is 538 g/mol. The first-order chi connectivity index (χ1) is 17.7. The van der Waals surface area contributed by atoms with Gasteiger partial charge in [0.05, 0.1) is 25.7 Å². The van der Waals surface area contributed by atoms with Crippen LogP contribution in [0.15, 0.2) is 77.7 Å². The van der Waals surface area contributed by atoms with Gasteiger partial charge in [-0.3, -0.25) is 4.79 Å².